The van der Waals surface area contributed by atoms with Gasteiger partial charge in [0.2, 0.25) is 0 Å². The molecule has 1 aromatic heterocycles. The minimum atomic E-state index is -0.379. The van der Waals surface area contributed by atoms with Crippen LogP contribution in [0.4, 0.5) is 0 Å². The van der Waals surface area contributed by atoms with Crippen LogP contribution in [-0.2, 0) is 0 Å². The minimum absolute atomic E-state index is 0.192. The van der Waals surface area contributed by atoms with Gasteiger partial charge in [-0.1, -0.05) is 158 Å². The standard InChI is InChI=1S/C47H33N3O/c1-2-13-34(14-3-1)45-48-46(36-26-21-30-11-4-5-15-35(30)29-36)50-47(49-45)44-39(27-28-42-43(44)40-18-8-9-20-41(40)51-42)33-24-22-32(23-25-33)38-19-10-16-31-12-6-7-17-37(31)38/h1-29,46-47,50H,(H,48,49). The molecule has 2 unspecified atom stereocenters. The van der Waals surface area contributed by atoms with Gasteiger partial charge in [0, 0.05) is 21.9 Å². The Morgan fingerprint density at radius 1 is 0.471 bits per heavy atom. The van der Waals surface area contributed by atoms with E-state index < -0.39 is 0 Å². The predicted molar refractivity (Wildman–Crippen MR) is 211 cm³/mol. The number of para-hydroxylation sites is 1. The first-order valence-electron chi connectivity index (χ1n) is 17.4. The molecule has 1 aliphatic heterocycles. The lowest BCUT2D eigenvalue weighted by molar-refractivity contribution is 0.411. The molecule has 0 bridgehead atoms. The summed E-state index contributed by atoms with van der Waals surface area (Å²) in [6.45, 7) is 0. The van der Waals surface area contributed by atoms with Crippen molar-refractivity contribution in [3.63, 3.8) is 0 Å². The predicted octanol–water partition coefficient (Wildman–Crippen LogP) is 11.6. The quantitative estimate of drug-likeness (QED) is 0.194. The number of benzene rings is 8. The Morgan fingerprint density at radius 2 is 1.16 bits per heavy atom. The van der Waals surface area contributed by atoms with Crippen molar-refractivity contribution in [2.45, 2.75) is 12.3 Å². The molecule has 0 radical (unpaired) electrons. The van der Waals surface area contributed by atoms with Crippen LogP contribution in [0, 0.1) is 0 Å². The van der Waals surface area contributed by atoms with Gasteiger partial charge in [-0.2, -0.15) is 0 Å². The van der Waals surface area contributed by atoms with E-state index in [9.17, 15) is 0 Å². The van der Waals surface area contributed by atoms with Crippen molar-refractivity contribution in [1.29, 1.82) is 0 Å². The summed E-state index contributed by atoms with van der Waals surface area (Å²) in [4.78, 5) is 5.44. The SMILES string of the molecule is c1ccc(C2=NC(c3c(-c4ccc(-c5cccc6ccccc56)cc4)ccc4oc5ccccc5c34)NC(c3ccc4ccccc4c3)N2)cc1. The molecule has 2 heterocycles. The van der Waals surface area contributed by atoms with Crippen molar-refractivity contribution in [3.05, 3.63) is 193 Å². The molecule has 9 aromatic rings. The van der Waals surface area contributed by atoms with Crippen LogP contribution >= 0.6 is 0 Å². The molecule has 242 valence electrons. The van der Waals surface area contributed by atoms with Gasteiger partial charge in [-0.05, 0) is 67.6 Å². The number of nitrogens with zero attached hydrogens (tertiary/aromatic N) is 1. The van der Waals surface area contributed by atoms with Gasteiger partial charge in [0.15, 0.2) is 0 Å². The van der Waals surface area contributed by atoms with Crippen LogP contribution in [0.2, 0.25) is 0 Å². The van der Waals surface area contributed by atoms with Crippen LogP contribution in [0.5, 0.6) is 0 Å². The molecular formula is C47H33N3O. The largest absolute Gasteiger partial charge is 0.456 e. The highest BCUT2D eigenvalue weighted by Gasteiger charge is 2.30. The van der Waals surface area contributed by atoms with E-state index in [4.69, 9.17) is 9.41 Å². The van der Waals surface area contributed by atoms with E-state index >= 15 is 0 Å². The van der Waals surface area contributed by atoms with Crippen LogP contribution in [0.25, 0.3) is 65.7 Å². The Morgan fingerprint density at radius 3 is 2.00 bits per heavy atom. The number of rotatable bonds is 5. The highest BCUT2D eigenvalue weighted by atomic mass is 16.3. The van der Waals surface area contributed by atoms with Crippen molar-refractivity contribution in [2.75, 3.05) is 0 Å². The Balaban J connectivity index is 1.16. The number of hydrogen-bond donors (Lipinski definition) is 2. The van der Waals surface area contributed by atoms with E-state index in [2.05, 4.69) is 168 Å². The van der Waals surface area contributed by atoms with Gasteiger partial charge >= 0.3 is 0 Å². The lowest BCUT2D eigenvalue weighted by atomic mass is 9.91. The van der Waals surface area contributed by atoms with Crippen molar-refractivity contribution >= 4 is 49.3 Å². The molecule has 0 saturated carbocycles. The fourth-order valence-electron chi connectivity index (χ4n) is 7.69. The third kappa shape index (κ3) is 5.16. The summed E-state index contributed by atoms with van der Waals surface area (Å²) in [6, 6.07) is 62.3. The van der Waals surface area contributed by atoms with Crippen molar-refractivity contribution in [2.24, 2.45) is 4.99 Å². The maximum absolute atomic E-state index is 6.47. The summed E-state index contributed by atoms with van der Waals surface area (Å²) in [6.07, 6.45) is -0.572. The van der Waals surface area contributed by atoms with Crippen LogP contribution < -0.4 is 10.6 Å². The zero-order valence-electron chi connectivity index (χ0n) is 27.8. The lowest BCUT2D eigenvalue weighted by Crippen LogP contribution is -2.45. The number of aliphatic imine (C=N–C) groups is 1. The monoisotopic (exact) mass is 655 g/mol. The van der Waals surface area contributed by atoms with Crippen LogP contribution in [0.1, 0.15) is 29.0 Å². The number of hydrogen-bond acceptors (Lipinski definition) is 4. The summed E-state index contributed by atoms with van der Waals surface area (Å²) in [5.41, 5.74) is 9.65. The van der Waals surface area contributed by atoms with Gasteiger partial charge < -0.3 is 9.73 Å². The Kier molecular flexibility index (Phi) is 7.00. The van der Waals surface area contributed by atoms with E-state index in [-0.39, 0.29) is 12.3 Å². The Hall–Kier alpha value is -6.49. The summed E-state index contributed by atoms with van der Waals surface area (Å²) in [7, 11) is 0. The molecule has 4 heteroatoms. The maximum Gasteiger partial charge on any atom is 0.135 e. The van der Waals surface area contributed by atoms with Crippen LogP contribution in [0.15, 0.2) is 185 Å². The van der Waals surface area contributed by atoms with E-state index in [1.807, 2.05) is 18.2 Å². The van der Waals surface area contributed by atoms with Crippen molar-refractivity contribution in [3.8, 4) is 22.3 Å². The number of nitrogens with one attached hydrogen (secondary N) is 2. The molecule has 4 nitrogen and oxygen atoms in total. The second kappa shape index (κ2) is 12.1. The number of fused-ring (bicyclic) bond motifs is 5. The summed E-state index contributed by atoms with van der Waals surface area (Å²) < 4.78 is 6.47. The molecule has 8 aromatic carbocycles. The molecule has 0 aliphatic carbocycles. The average molecular weight is 656 g/mol. The topological polar surface area (TPSA) is 49.6 Å². The Bertz CT molecular complexity index is 2760. The molecule has 0 saturated heterocycles. The minimum Gasteiger partial charge on any atom is -0.456 e. The Labute approximate surface area is 295 Å². The fourth-order valence-corrected chi connectivity index (χ4v) is 7.69. The van der Waals surface area contributed by atoms with E-state index in [0.29, 0.717) is 0 Å². The zero-order chi connectivity index (χ0) is 33.7. The average Bonchev–Trinajstić information content (AvgIpc) is 3.59. The maximum atomic E-state index is 6.47. The van der Waals surface area contributed by atoms with E-state index in [1.54, 1.807) is 0 Å². The first-order chi connectivity index (χ1) is 25.3. The lowest BCUT2D eigenvalue weighted by Gasteiger charge is -2.33. The summed E-state index contributed by atoms with van der Waals surface area (Å²) >= 11 is 0. The molecule has 1 aliphatic rings. The number of furan rings is 1. The molecule has 51 heavy (non-hydrogen) atoms. The van der Waals surface area contributed by atoms with Crippen LogP contribution in [0.3, 0.4) is 0 Å². The normalized spacial score (nSPS) is 16.0. The molecular weight excluding hydrogens is 623 g/mol. The third-order valence-corrected chi connectivity index (χ3v) is 10.2. The second-order valence-corrected chi connectivity index (χ2v) is 13.2. The molecule has 2 atom stereocenters. The first-order valence-corrected chi connectivity index (χ1v) is 17.4. The van der Waals surface area contributed by atoms with Gasteiger partial charge in [0.25, 0.3) is 0 Å². The molecule has 10 rings (SSSR count). The smallest absolute Gasteiger partial charge is 0.135 e. The number of amidine groups is 1. The molecule has 0 amide bonds. The van der Waals surface area contributed by atoms with Gasteiger partial charge in [-0.25, -0.2) is 4.99 Å². The van der Waals surface area contributed by atoms with Crippen molar-refractivity contribution < 1.29 is 4.42 Å². The second-order valence-electron chi connectivity index (χ2n) is 13.2. The van der Waals surface area contributed by atoms with E-state index in [0.717, 1.165) is 55.6 Å². The molecule has 2 N–H and O–H groups in total. The van der Waals surface area contributed by atoms with Gasteiger partial charge in [-0.15, -0.1) is 0 Å². The summed E-state index contributed by atoms with van der Waals surface area (Å²) in [5, 5.41) is 14.7. The van der Waals surface area contributed by atoms with E-state index in [1.165, 1.54) is 32.7 Å². The van der Waals surface area contributed by atoms with Gasteiger partial charge in [-0.3, -0.25) is 5.32 Å². The summed E-state index contributed by atoms with van der Waals surface area (Å²) in [5.74, 6) is 0.847. The highest BCUT2D eigenvalue weighted by Crippen LogP contribution is 2.42. The van der Waals surface area contributed by atoms with Crippen molar-refractivity contribution in [1.82, 2.24) is 10.6 Å². The molecule has 0 fully saturated rings. The highest BCUT2D eigenvalue weighted by molar-refractivity contribution is 6.09. The van der Waals surface area contributed by atoms with Gasteiger partial charge in [0.05, 0.1) is 0 Å². The van der Waals surface area contributed by atoms with Crippen LogP contribution in [-0.4, -0.2) is 5.84 Å². The molecule has 0 spiro atoms. The zero-order valence-corrected chi connectivity index (χ0v) is 27.8. The third-order valence-electron chi connectivity index (χ3n) is 10.2. The fraction of sp³-hybridized carbons (Fsp3) is 0.0426. The first kappa shape index (κ1) is 29.4. The van der Waals surface area contributed by atoms with Gasteiger partial charge in [0.1, 0.15) is 29.3 Å².